The van der Waals surface area contributed by atoms with Crippen molar-refractivity contribution in [3.05, 3.63) is 89.0 Å². The van der Waals surface area contributed by atoms with Gasteiger partial charge in [-0.25, -0.2) is 0 Å². The highest BCUT2D eigenvalue weighted by molar-refractivity contribution is 8.03. The largest absolute Gasteiger partial charge is 0.390 e. The lowest BCUT2D eigenvalue weighted by Crippen LogP contribution is -2.49. The van der Waals surface area contributed by atoms with Crippen molar-refractivity contribution in [2.24, 2.45) is 10.9 Å². The molecule has 3 aromatic carbocycles. The number of hydrazone groups is 1. The van der Waals surface area contributed by atoms with Crippen molar-refractivity contribution in [2.45, 2.75) is 12.6 Å². The van der Waals surface area contributed by atoms with Crippen LogP contribution in [-0.2, 0) is 11.3 Å². The Balaban J connectivity index is 0.000000237. The van der Waals surface area contributed by atoms with Crippen LogP contribution in [0.5, 0.6) is 0 Å². The third kappa shape index (κ3) is 9.91. The molecule has 0 aromatic heterocycles. The van der Waals surface area contributed by atoms with Gasteiger partial charge < -0.3 is 21.6 Å². The summed E-state index contributed by atoms with van der Waals surface area (Å²) in [6.07, 6.45) is 3.00. The Morgan fingerprint density at radius 1 is 1.14 bits per heavy atom. The second-order valence-corrected chi connectivity index (χ2v) is 8.85. The summed E-state index contributed by atoms with van der Waals surface area (Å²) in [5.74, 6) is 5.07. The maximum absolute atomic E-state index is 10.4. The number of aldehydes is 2. The number of anilines is 1. The zero-order chi connectivity index (χ0) is 26.2. The molecule has 8 nitrogen and oxygen atoms in total. The third-order valence-corrected chi connectivity index (χ3v) is 6.12. The van der Waals surface area contributed by atoms with Gasteiger partial charge in [0.1, 0.15) is 12.6 Å². The minimum atomic E-state index is -0.149. The second-order valence-electron chi connectivity index (χ2n) is 7.83. The Morgan fingerprint density at radius 2 is 1.81 bits per heavy atom. The molecule has 0 spiro atoms. The van der Waals surface area contributed by atoms with Crippen LogP contribution in [0.3, 0.4) is 0 Å². The maximum Gasteiger partial charge on any atom is 0.150 e. The molecule has 0 amide bonds. The summed E-state index contributed by atoms with van der Waals surface area (Å²) in [5, 5.41) is 21.4. The number of carbonyl (C=O) groups excluding carboxylic acids is 2. The molecule has 0 radical (unpaired) electrons. The molecule has 0 saturated carbocycles. The SMILES string of the molecule is C=NN.CN/C(=C\C=O)SCNc1ccc2ccccc2c1.O=Cc1ccc(CN2CC(O)C2)cc1. The Morgan fingerprint density at radius 3 is 2.39 bits per heavy atom. The summed E-state index contributed by atoms with van der Waals surface area (Å²) in [4.78, 5) is 23.0. The predicted molar refractivity (Wildman–Crippen MR) is 150 cm³/mol. The van der Waals surface area contributed by atoms with E-state index in [9.17, 15) is 9.59 Å². The second kappa shape index (κ2) is 16.1. The fraction of sp³-hybridized carbons (Fsp3) is 0.222. The number of nitrogens with two attached hydrogens (primary N) is 1. The zero-order valence-corrected chi connectivity index (χ0v) is 21.2. The molecule has 0 atom stereocenters. The fourth-order valence-corrected chi connectivity index (χ4v) is 4.08. The van der Waals surface area contributed by atoms with E-state index in [0.717, 1.165) is 42.9 Å². The van der Waals surface area contributed by atoms with Crippen LogP contribution in [-0.4, -0.2) is 61.4 Å². The van der Waals surface area contributed by atoms with E-state index in [4.69, 9.17) is 5.11 Å². The highest BCUT2D eigenvalue weighted by atomic mass is 32.2. The number of allylic oxidation sites excluding steroid dienone is 1. The zero-order valence-electron chi connectivity index (χ0n) is 20.3. The van der Waals surface area contributed by atoms with Crippen LogP contribution < -0.4 is 16.5 Å². The van der Waals surface area contributed by atoms with E-state index in [0.29, 0.717) is 11.4 Å². The first-order valence-electron chi connectivity index (χ1n) is 11.3. The van der Waals surface area contributed by atoms with Gasteiger partial charge in [-0.2, -0.15) is 5.10 Å². The van der Waals surface area contributed by atoms with E-state index in [-0.39, 0.29) is 6.10 Å². The molecule has 1 heterocycles. The molecule has 0 unspecified atom stereocenters. The van der Waals surface area contributed by atoms with Crippen molar-refractivity contribution in [3.8, 4) is 0 Å². The fourth-order valence-electron chi connectivity index (χ4n) is 3.39. The lowest BCUT2D eigenvalue weighted by molar-refractivity contribution is -0.104. The van der Waals surface area contributed by atoms with Crippen LogP contribution in [0.1, 0.15) is 15.9 Å². The van der Waals surface area contributed by atoms with E-state index >= 15 is 0 Å². The van der Waals surface area contributed by atoms with Gasteiger partial charge in [0.2, 0.25) is 0 Å². The van der Waals surface area contributed by atoms with Crippen LogP contribution >= 0.6 is 11.8 Å². The molecule has 1 aliphatic heterocycles. The summed E-state index contributed by atoms with van der Waals surface area (Å²) >= 11 is 1.55. The summed E-state index contributed by atoms with van der Waals surface area (Å²) in [5.41, 5.74) is 2.97. The van der Waals surface area contributed by atoms with Gasteiger partial charge in [-0.3, -0.25) is 14.5 Å². The summed E-state index contributed by atoms with van der Waals surface area (Å²) in [7, 11) is 1.80. The highest BCUT2D eigenvalue weighted by Crippen LogP contribution is 2.20. The molecule has 4 rings (SSSR count). The maximum atomic E-state index is 10.4. The predicted octanol–water partition coefficient (Wildman–Crippen LogP) is 3.44. The Kier molecular flexibility index (Phi) is 12.8. The molecule has 5 N–H and O–H groups in total. The number of nitrogens with zero attached hydrogens (tertiary/aromatic N) is 2. The number of thioether (sulfide) groups is 1. The van der Waals surface area contributed by atoms with Crippen molar-refractivity contribution in [1.29, 1.82) is 0 Å². The van der Waals surface area contributed by atoms with Crippen molar-refractivity contribution in [2.75, 3.05) is 31.3 Å². The molecule has 1 aliphatic rings. The van der Waals surface area contributed by atoms with E-state index in [1.807, 2.05) is 36.4 Å². The Bertz CT molecular complexity index is 1130. The number of benzene rings is 3. The van der Waals surface area contributed by atoms with Crippen LogP contribution in [0.4, 0.5) is 5.69 Å². The molecule has 1 fully saturated rings. The van der Waals surface area contributed by atoms with Crippen LogP contribution in [0.2, 0.25) is 0 Å². The van der Waals surface area contributed by atoms with E-state index in [1.165, 1.54) is 22.4 Å². The van der Waals surface area contributed by atoms with Gasteiger partial charge >= 0.3 is 0 Å². The number of nitrogens with one attached hydrogen (secondary N) is 2. The first-order valence-corrected chi connectivity index (χ1v) is 12.3. The molecule has 9 heteroatoms. The van der Waals surface area contributed by atoms with Gasteiger partial charge in [-0.1, -0.05) is 66.4 Å². The quantitative estimate of drug-likeness (QED) is 0.0868. The smallest absolute Gasteiger partial charge is 0.150 e. The van der Waals surface area contributed by atoms with E-state index in [1.54, 1.807) is 18.8 Å². The topological polar surface area (TPSA) is 120 Å². The lowest BCUT2D eigenvalue weighted by atomic mass is 10.1. The van der Waals surface area contributed by atoms with Gasteiger partial charge in [0.25, 0.3) is 0 Å². The van der Waals surface area contributed by atoms with Crippen molar-refractivity contribution in [3.63, 3.8) is 0 Å². The number of fused-ring (bicyclic) bond motifs is 1. The molecule has 190 valence electrons. The monoisotopic (exact) mass is 507 g/mol. The standard InChI is InChI=1S/C15H16N2OS.C11H13NO2.CH4N2/c1-16-15(8-9-18)19-11-17-14-7-6-12-4-2-3-5-13(12)10-14;13-8-10-3-1-9(2-4-10)5-12-6-11(14)7-12;1-3-2/h2-10,16-17H,11H2,1H3;1-4,8,11,14H,5-7H2;1-2H2/b15-8+;;. The molecule has 3 aromatic rings. The molecule has 0 aliphatic carbocycles. The highest BCUT2D eigenvalue weighted by Gasteiger charge is 2.23. The number of aliphatic hydroxyl groups is 1. The lowest BCUT2D eigenvalue weighted by Gasteiger charge is -2.35. The number of rotatable bonds is 9. The molecule has 36 heavy (non-hydrogen) atoms. The average molecular weight is 508 g/mol. The van der Waals surface area contributed by atoms with Gasteiger partial charge in [-0.05, 0) is 28.5 Å². The minimum absolute atomic E-state index is 0.149. The summed E-state index contributed by atoms with van der Waals surface area (Å²) < 4.78 is 0. The van der Waals surface area contributed by atoms with Crippen LogP contribution in [0.25, 0.3) is 10.8 Å². The number of carbonyl (C=O) groups is 2. The molecule has 0 bridgehead atoms. The Labute approximate surface area is 216 Å². The van der Waals surface area contributed by atoms with Gasteiger partial charge in [0.05, 0.1) is 17.0 Å². The average Bonchev–Trinajstić information content (AvgIpc) is 2.88. The van der Waals surface area contributed by atoms with Gasteiger partial charge in [0, 0.05) is 50.7 Å². The number of hydrogen-bond acceptors (Lipinski definition) is 9. The molecular weight excluding hydrogens is 474 g/mol. The van der Waals surface area contributed by atoms with Crippen LogP contribution in [0.15, 0.2) is 82.9 Å². The van der Waals surface area contributed by atoms with Crippen molar-refractivity contribution in [1.82, 2.24) is 10.2 Å². The molecular formula is C27H33N5O3S. The number of β-amino-alcohol motifs (C(OH)–C–C–N with tert-alkyl or cyclic N) is 1. The van der Waals surface area contributed by atoms with Crippen LogP contribution in [0, 0.1) is 0 Å². The number of likely N-dealkylation sites (tertiary alicyclic amines) is 1. The number of aliphatic hydroxyl groups excluding tert-OH is 1. The normalized spacial score (nSPS) is 13.2. The minimum Gasteiger partial charge on any atom is -0.390 e. The van der Waals surface area contributed by atoms with Gasteiger partial charge in [-0.15, -0.1) is 0 Å². The van der Waals surface area contributed by atoms with Gasteiger partial charge in [0.15, 0.2) is 0 Å². The third-order valence-electron chi connectivity index (χ3n) is 5.18. The molecule has 1 saturated heterocycles. The summed E-state index contributed by atoms with van der Waals surface area (Å²) in [6, 6.07) is 22.1. The first-order chi connectivity index (χ1) is 17.5. The van der Waals surface area contributed by atoms with Crippen molar-refractivity contribution < 1.29 is 14.7 Å². The number of hydrogen-bond donors (Lipinski definition) is 4. The van der Waals surface area contributed by atoms with E-state index in [2.05, 4.69) is 63.5 Å². The summed E-state index contributed by atoms with van der Waals surface area (Å²) in [6.45, 7) is 5.26. The first kappa shape index (κ1) is 28.6. The van der Waals surface area contributed by atoms with E-state index < -0.39 is 0 Å². The Hall–Kier alpha value is -3.66. The van der Waals surface area contributed by atoms with Crippen molar-refractivity contribution >= 4 is 47.5 Å².